The van der Waals surface area contributed by atoms with Gasteiger partial charge in [-0.3, -0.25) is 4.79 Å². The van der Waals surface area contributed by atoms with Gasteiger partial charge in [0.15, 0.2) is 0 Å². The minimum Gasteiger partial charge on any atom is -0.393 e. The Morgan fingerprint density at radius 3 is 2.60 bits per heavy atom. The first-order valence-corrected chi connectivity index (χ1v) is 8.75. The van der Waals surface area contributed by atoms with Crippen LogP contribution in [0.3, 0.4) is 0 Å². The topological polar surface area (TPSA) is 64.6 Å². The third-order valence-corrected chi connectivity index (χ3v) is 4.93. The summed E-state index contributed by atoms with van der Waals surface area (Å²) in [6, 6.07) is 7.97. The molecule has 0 spiro atoms. The summed E-state index contributed by atoms with van der Waals surface area (Å²) >= 11 is 0. The van der Waals surface area contributed by atoms with Crippen LogP contribution < -0.4 is 15.5 Å². The molecule has 1 atom stereocenters. The van der Waals surface area contributed by atoms with Crippen LogP contribution in [-0.2, 0) is 4.79 Å². The van der Waals surface area contributed by atoms with Crippen molar-refractivity contribution in [1.29, 1.82) is 0 Å². The minimum atomic E-state index is -0.187. The summed E-state index contributed by atoms with van der Waals surface area (Å²) in [6.45, 7) is 3.79. The summed E-state index contributed by atoms with van der Waals surface area (Å²) in [5.41, 5.74) is 1.95. The maximum absolute atomic E-state index is 12.3. The van der Waals surface area contributed by atoms with Gasteiger partial charge in [0.2, 0.25) is 5.91 Å². The number of hydrogen-bond acceptors (Lipinski definition) is 4. The number of benzene rings is 1. The van der Waals surface area contributed by atoms with Crippen molar-refractivity contribution in [3.8, 4) is 0 Å². The van der Waals surface area contributed by atoms with E-state index in [0.29, 0.717) is 12.3 Å². The molecule has 2 heterocycles. The van der Waals surface area contributed by atoms with Crippen LogP contribution in [0.25, 0.3) is 0 Å². The maximum Gasteiger partial charge on any atom is 0.224 e. The maximum atomic E-state index is 12.3. The number of amides is 1. The van der Waals surface area contributed by atoms with Gasteiger partial charge in [-0.1, -0.05) is 12.1 Å². The van der Waals surface area contributed by atoms with Gasteiger partial charge in [0.1, 0.15) is 0 Å². The van der Waals surface area contributed by atoms with Gasteiger partial charge in [-0.05, 0) is 56.8 Å². The number of aliphatic hydroxyl groups is 1. The fourth-order valence-corrected chi connectivity index (χ4v) is 3.47. The summed E-state index contributed by atoms with van der Waals surface area (Å²) in [5, 5.41) is 16.1. The van der Waals surface area contributed by atoms with Crippen LogP contribution in [0.1, 0.15) is 32.1 Å². The normalized spacial score (nSPS) is 20.5. The first-order chi connectivity index (χ1) is 11.2. The van der Waals surface area contributed by atoms with E-state index in [-0.39, 0.29) is 36.8 Å². The Hall–Kier alpha value is -1.01. The molecule has 2 saturated heterocycles. The van der Waals surface area contributed by atoms with Gasteiger partial charge in [-0.15, -0.1) is 24.8 Å². The number of carbonyl (C=O) groups is 1. The van der Waals surface area contributed by atoms with Gasteiger partial charge in [-0.2, -0.15) is 0 Å². The predicted octanol–water partition coefficient (Wildman–Crippen LogP) is 2.82. The molecule has 142 valence electrons. The number of nitrogens with zero attached hydrogens (tertiary/aromatic N) is 1. The van der Waals surface area contributed by atoms with Crippen molar-refractivity contribution in [2.75, 3.05) is 36.4 Å². The molecule has 0 bridgehead atoms. The molecule has 0 aliphatic carbocycles. The first-order valence-electron chi connectivity index (χ1n) is 8.75. The lowest BCUT2D eigenvalue weighted by Gasteiger charge is -2.32. The van der Waals surface area contributed by atoms with Crippen molar-refractivity contribution in [3.05, 3.63) is 24.3 Å². The van der Waals surface area contributed by atoms with Crippen LogP contribution in [0.5, 0.6) is 0 Å². The quantitative estimate of drug-likeness (QED) is 0.724. The third kappa shape index (κ3) is 6.33. The number of rotatable bonds is 5. The molecule has 5 nitrogen and oxygen atoms in total. The highest BCUT2D eigenvalue weighted by Gasteiger charge is 2.20. The lowest BCUT2D eigenvalue weighted by Crippen LogP contribution is -2.36. The zero-order chi connectivity index (χ0) is 16.1. The average Bonchev–Trinajstić information content (AvgIpc) is 3.08. The minimum absolute atomic E-state index is 0. The van der Waals surface area contributed by atoms with Gasteiger partial charge in [-0.25, -0.2) is 0 Å². The summed E-state index contributed by atoms with van der Waals surface area (Å²) in [4.78, 5) is 14.5. The van der Waals surface area contributed by atoms with E-state index in [1.54, 1.807) is 0 Å². The number of piperidine rings is 1. The number of para-hydroxylation sites is 2. The first kappa shape index (κ1) is 22.0. The van der Waals surface area contributed by atoms with Crippen LogP contribution in [0.2, 0.25) is 0 Å². The Morgan fingerprint density at radius 2 is 1.92 bits per heavy atom. The van der Waals surface area contributed by atoms with Gasteiger partial charge in [0.25, 0.3) is 0 Å². The fourth-order valence-electron chi connectivity index (χ4n) is 3.47. The van der Waals surface area contributed by atoms with E-state index in [0.717, 1.165) is 56.8 Å². The van der Waals surface area contributed by atoms with E-state index >= 15 is 0 Å². The molecular weight excluding hydrogens is 361 g/mol. The van der Waals surface area contributed by atoms with Crippen molar-refractivity contribution in [1.82, 2.24) is 5.32 Å². The number of carbonyl (C=O) groups excluding carboxylic acids is 1. The molecule has 1 unspecified atom stereocenters. The van der Waals surface area contributed by atoms with Crippen LogP contribution in [0.4, 0.5) is 11.4 Å². The molecule has 1 aromatic carbocycles. The van der Waals surface area contributed by atoms with Crippen LogP contribution in [-0.4, -0.2) is 43.3 Å². The SMILES string of the molecule is Cl.Cl.O=C(CCC1CCNC1)Nc1ccccc1N1CCC(O)CC1. The van der Waals surface area contributed by atoms with E-state index in [2.05, 4.69) is 15.5 Å². The zero-order valence-electron chi connectivity index (χ0n) is 14.4. The second-order valence-electron chi connectivity index (χ2n) is 6.68. The summed E-state index contributed by atoms with van der Waals surface area (Å²) in [7, 11) is 0. The van der Waals surface area contributed by atoms with Crippen molar-refractivity contribution in [2.45, 2.75) is 38.2 Å². The van der Waals surface area contributed by atoms with E-state index in [1.165, 1.54) is 6.42 Å². The molecular formula is C18H29Cl2N3O2. The summed E-state index contributed by atoms with van der Waals surface area (Å²) < 4.78 is 0. The summed E-state index contributed by atoms with van der Waals surface area (Å²) in [5.74, 6) is 0.737. The molecule has 1 aromatic rings. The fraction of sp³-hybridized carbons (Fsp3) is 0.611. The van der Waals surface area contributed by atoms with Gasteiger partial charge < -0.3 is 20.6 Å². The summed E-state index contributed by atoms with van der Waals surface area (Å²) in [6.07, 6.45) is 4.11. The van der Waals surface area contributed by atoms with Crippen LogP contribution in [0, 0.1) is 5.92 Å². The van der Waals surface area contributed by atoms with E-state index in [4.69, 9.17) is 0 Å². The second kappa shape index (κ2) is 10.9. The van der Waals surface area contributed by atoms with Crippen molar-refractivity contribution < 1.29 is 9.90 Å². The number of anilines is 2. The van der Waals surface area contributed by atoms with E-state index < -0.39 is 0 Å². The number of aliphatic hydroxyl groups excluding tert-OH is 1. The molecule has 0 aromatic heterocycles. The Balaban J connectivity index is 0.00000156. The highest BCUT2D eigenvalue weighted by molar-refractivity contribution is 5.94. The monoisotopic (exact) mass is 389 g/mol. The molecule has 25 heavy (non-hydrogen) atoms. The lowest BCUT2D eigenvalue weighted by molar-refractivity contribution is -0.116. The molecule has 2 aliphatic heterocycles. The highest BCUT2D eigenvalue weighted by Crippen LogP contribution is 2.28. The molecule has 7 heteroatoms. The second-order valence-corrected chi connectivity index (χ2v) is 6.68. The number of hydrogen-bond donors (Lipinski definition) is 3. The van der Waals surface area contributed by atoms with Gasteiger partial charge >= 0.3 is 0 Å². The Kier molecular flexibility index (Phi) is 9.57. The predicted molar refractivity (Wildman–Crippen MR) is 107 cm³/mol. The molecule has 3 N–H and O–H groups in total. The number of halogens is 2. The van der Waals surface area contributed by atoms with Crippen LogP contribution >= 0.6 is 24.8 Å². The Labute approximate surface area is 162 Å². The highest BCUT2D eigenvalue weighted by atomic mass is 35.5. The molecule has 3 rings (SSSR count). The van der Waals surface area contributed by atoms with E-state index in [1.807, 2.05) is 24.3 Å². The largest absolute Gasteiger partial charge is 0.393 e. The van der Waals surface area contributed by atoms with Crippen LogP contribution in [0.15, 0.2) is 24.3 Å². The molecule has 0 radical (unpaired) electrons. The molecule has 0 saturated carbocycles. The molecule has 1 amide bonds. The lowest BCUT2D eigenvalue weighted by atomic mass is 10.0. The smallest absolute Gasteiger partial charge is 0.224 e. The third-order valence-electron chi connectivity index (χ3n) is 4.93. The van der Waals surface area contributed by atoms with Crippen molar-refractivity contribution in [2.24, 2.45) is 5.92 Å². The zero-order valence-corrected chi connectivity index (χ0v) is 16.1. The van der Waals surface area contributed by atoms with Gasteiger partial charge in [0.05, 0.1) is 17.5 Å². The standard InChI is InChI=1S/C18H27N3O2.2ClH/c22-15-8-11-21(12-9-15)17-4-2-1-3-16(17)20-18(23)6-5-14-7-10-19-13-14;;/h1-4,14-15,19,22H,5-13H2,(H,20,23);2*1H. The molecule has 2 aliphatic rings. The van der Waals surface area contributed by atoms with Crippen molar-refractivity contribution in [3.63, 3.8) is 0 Å². The van der Waals surface area contributed by atoms with Crippen molar-refractivity contribution >= 4 is 42.1 Å². The Morgan fingerprint density at radius 1 is 1.20 bits per heavy atom. The number of nitrogens with one attached hydrogen (secondary N) is 2. The van der Waals surface area contributed by atoms with E-state index in [9.17, 15) is 9.90 Å². The van der Waals surface area contributed by atoms with Gasteiger partial charge in [0, 0.05) is 19.5 Å². The Bertz CT molecular complexity index is 531. The average molecular weight is 390 g/mol. The molecule has 2 fully saturated rings.